The molecule has 0 nitrogen and oxygen atoms in total. The van der Waals surface area contributed by atoms with Crippen LogP contribution in [0.5, 0.6) is 0 Å². The van der Waals surface area contributed by atoms with Gasteiger partial charge in [0, 0.05) is 0 Å². The third-order valence-electron chi connectivity index (χ3n) is 1.24. The van der Waals surface area contributed by atoms with Crippen molar-refractivity contribution >= 4 is 11.3 Å². The van der Waals surface area contributed by atoms with Crippen LogP contribution in [0.4, 0.5) is 0 Å². The first kappa shape index (κ1) is 7.11. The van der Waals surface area contributed by atoms with Gasteiger partial charge in [-0.3, -0.25) is 0 Å². The lowest BCUT2D eigenvalue weighted by Gasteiger charge is -1.88. The van der Waals surface area contributed by atoms with Crippen LogP contribution in [-0.4, -0.2) is 0 Å². The van der Waals surface area contributed by atoms with Crippen LogP contribution in [0.1, 0.15) is 10.4 Å². The minimum absolute atomic E-state index is 0.878. The van der Waals surface area contributed by atoms with Gasteiger partial charge in [-0.05, 0) is 23.4 Å². The monoisotopic (exact) mass is 148 g/mol. The first-order chi connectivity index (χ1) is 4.88. The zero-order chi connectivity index (χ0) is 7.40. The van der Waals surface area contributed by atoms with Crippen molar-refractivity contribution in [3.05, 3.63) is 34.5 Å². The minimum Gasteiger partial charge on any atom is -0.135 e. The standard InChI is InChI=1S/C9H8S/c1-3-5-8-6-7-10-9(8)4-2/h2-3,6-7H,1,5H2. The number of terminal acetylenes is 1. The number of hydrogen-bond acceptors (Lipinski definition) is 1. The lowest BCUT2D eigenvalue weighted by atomic mass is 10.2. The zero-order valence-corrected chi connectivity index (χ0v) is 6.45. The molecule has 1 heteroatoms. The van der Waals surface area contributed by atoms with Crippen molar-refractivity contribution in [3.8, 4) is 12.3 Å². The molecule has 0 atom stereocenters. The van der Waals surface area contributed by atoms with E-state index < -0.39 is 0 Å². The molecule has 1 aromatic heterocycles. The molecule has 10 heavy (non-hydrogen) atoms. The number of rotatable bonds is 2. The summed E-state index contributed by atoms with van der Waals surface area (Å²) < 4.78 is 0. The summed E-state index contributed by atoms with van der Waals surface area (Å²) in [5, 5.41) is 2.01. The lowest BCUT2D eigenvalue weighted by molar-refractivity contribution is 1.30. The molecule has 0 aliphatic heterocycles. The molecule has 0 radical (unpaired) electrons. The van der Waals surface area contributed by atoms with Gasteiger partial charge in [0.25, 0.3) is 0 Å². The van der Waals surface area contributed by atoms with Gasteiger partial charge in [-0.2, -0.15) is 0 Å². The van der Waals surface area contributed by atoms with Crippen molar-refractivity contribution in [2.75, 3.05) is 0 Å². The average Bonchev–Trinajstić information content (AvgIpc) is 2.36. The number of hydrogen-bond donors (Lipinski definition) is 0. The second-order valence-corrected chi connectivity index (χ2v) is 2.83. The van der Waals surface area contributed by atoms with Gasteiger partial charge in [0.15, 0.2) is 0 Å². The minimum atomic E-state index is 0.878. The molecular weight excluding hydrogens is 140 g/mol. The topological polar surface area (TPSA) is 0 Å². The fourth-order valence-electron chi connectivity index (χ4n) is 0.779. The molecule has 0 aliphatic rings. The Hall–Kier alpha value is -1.00. The molecular formula is C9H8S. The van der Waals surface area contributed by atoms with Gasteiger partial charge in [0.2, 0.25) is 0 Å². The number of allylic oxidation sites excluding steroid dienone is 1. The van der Waals surface area contributed by atoms with Crippen LogP contribution >= 0.6 is 11.3 Å². The Labute approximate surface area is 65.2 Å². The Morgan fingerprint density at radius 2 is 2.60 bits per heavy atom. The molecule has 1 aromatic rings. The van der Waals surface area contributed by atoms with Gasteiger partial charge in [-0.25, -0.2) is 0 Å². The molecule has 0 amide bonds. The van der Waals surface area contributed by atoms with Crippen LogP contribution < -0.4 is 0 Å². The zero-order valence-electron chi connectivity index (χ0n) is 5.63. The van der Waals surface area contributed by atoms with Crippen molar-refractivity contribution < 1.29 is 0 Å². The highest BCUT2D eigenvalue weighted by molar-refractivity contribution is 7.10. The van der Waals surface area contributed by atoms with E-state index in [1.807, 2.05) is 17.5 Å². The van der Waals surface area contributed by atoms with Crippen LogP contribution in [-0.2, 0) is 6.42 Å². The largest absolute Gasteiger partial charge is 0.135 e. The third-order valence-corrected chi connectivity index (χ3v) is 2.13. The lowest BCUT2D eigenvalue weighted by Crippen LogP contribution is -1.77. The molecule has 0 saturated heterocycles. The summed E-state index contributed by atoms with van der Waals surface area (Å²) in [6.45, 7) is 3.65. The molecule has 0 aliphatic carbocycles. The smallest absolute Gasteiger partial charge is 0.0800 e. The predicted octanol–water partition coefficient (Wildman–Crippen LogP) is 2.46. The van der Waals surface area contributed by atoms with Gasteiger partial charge in [-0.15, -0.1) is 24.3 Å². The highest BCUT2D eigenvalue weighted by Gasteiger charge is 1.96. The van der Waals surface area contributed by atoms with E-state index in [1.54, 1.807) is 11.3 Å². The van der Waals surface area contributed by atoms with E-state index in [1.165, 1.54) is 5.56 Å². The van der Waals surface area contributed by atoms with Crippen molar-refractivity contribution in [3.63, 3.8) is 0 Å². The maximum atomic E-state index is 5.25. The van der Waals surface area contributed by atoms with Crippen molar-refractivity contribution in [1.82, 2.24) is 0 Å². The van der Waals surface area contributed by atoms with Gasteiger partial charge < -0.3 is 0 Å². The molecule has 0 fully saturated rings. The fourth-order valence-corrected chi connectivity index (χ4v) is 1.52. The van der Waals surface area contributed by atoms with Gasteiger partial charge in [0.05, 0.1) is 4.88 Å². The van der Waals surface area contributed by atoms with Crippen molar-refractivity contribution in [2.24, 2.45) is 0 Å². The maximum absolute atomic E-state index is 5.25. The second-order valence-electron chi connectivity index (χ2n) is 1.91. The highest BCUT2D eigenvalue weighted by Crippen LogP contribution is 2.15. The van der Waals surface area contributed by atoms with Crippen LogP contribution in [0.3, 0.4) is 0 Å². The number of thiophene rings is 1. The molecule has 1 rings (SSSR count). The van der Waals surface area contributed by atoms with E-state index in [2.05, 4.69) is 12.5 Å². The van der Waals surface area contributed by atoms with E-state index in [0.29, 0.717) is 0 Å². The molecule has 50 valence electrons. The summed E-state index contributed by atoms with van der Waals surface area (Å²) in [6, 6.07) is 2.04. The summed E-state index contributed by atoms with van der Waals surface area (Å²) in [7, 11) is 0. The Morgan fingerprint density at radius 3 is 3.20 bits per heavy atom. The molecule has 1 heterocycles. The molecule has 0 N–H and O–H groups in total. The van der Waals surface area contributed by atoms with E-state index in [9.17, 15) is 0 Å². The van der Waals surface area contributed by atoms with Crippen molar-refractivity contribution in [1.29, 1.82) is 0 Å². The Bertz CT molecular complexity index is 263. The van der Waals surface area contributed by atoms with Crippen LogP contribution in [0.15, 0.2) is 24.1 Å². The van der Waals surface area contributed by atoms with Crippen LogP contribution in [0.2, 0.25) is 0 Å². The van der Waals surface area contributed by atoms with Crippen LogP contribution in [0.25, 0.3) is 0 Å². The third kappa shape index (κ3) is 1.29. The average molecular weight is 148 g/mol. The van der Waals surface area contributed by atoms with E-state index in [4.69, 9.17) is 6.42 Å². The molecule has 0 saturated carbocycles. The summed E-state index contributed by atoms with van der Waals surface area (Å²) in [5.74, 6) is 2.63. The van der Waals surface area contributed by atoms with E-state index in [0.717, 1.165) is 11.3 Å². The Kier molecular flexibility index (Phi) is 2.30. The van der Waals surface area contributed by atoms with Gasteiger partial charge in [0.1, 0.15) is 0 Å². The quantitative estimate of drug-likeness (QED) is 0.446. The normalized spacial score (nSPS) is 8.70. The van der Waals surface area contributed by atoms with Gasteiger partial charge >= 0.3 is 0 Å². The van der Waals surface area contributed by atoms with E-state index in [-0.39, 0.29) is 0 Å². The summed E-state index contributed by atoms with van der Waals surface area (Å²) >= 11 is 1.61. The molecule has 0 spiro atoms. The van der Waals surface area contributed by atoms with E-state index >= 15 is 0 Å². The van der Waals surface area contributed by atoms with Crippen LogP contribution in [0, 0.1) is 12.3 Å². The summed E-state index contributed by atoms with van der Waals surface area (Å²) in [6.07, 6.45) is 7.99. The maximum Gasteiger partial charge on any atom is 0.0800 e. The fraction of sp³-hybridized carbons (Fsp3) is 0.111. The molecule has 0 aromatic carbocycles. The molecule has 0 unspecified atom stereocenters. The summed E-state index contributed by atoms with van der Waals surface area (Å²) in [5.41, 5.74) is 1.21. The van der Waals surface area contributed by atoms with Crippen molar-refractivity contribution in [2.45, 2.75) is 6.42 Å². The first-order valence-electron chi connectivity index (χ1n) is 3.02. The Balaban J connectivity index is 2.92. The first-order valence-corrected chi connectivity index (χ1v) is 3.90. The summed E-state index contributed by atoms with van der Waals surface area (Å²) in [4.78, 5) is 1.03. The second kappa shape index (κ2) is 3.24. The SMILES string of the molecule is C#Cc1sccc1CC=C. The highest BCUT2D eigenvalue weighted by atomic mass is 32.1. The molecule has 0 bridgehead atoms. The van der Waals surface area contributed by atoms with Gasteiger partial charge in [-0.1, -0.05) is 12.0 Å². The predicted molar refractivity (Wildman–Crippen MR) is 46.2 cm³/mol. The Morgan fingerprint density at radius 1 is 1.80 bits per heavy atom.